The molecule has 1 aliphatic heterocycles. The zero-order valence-corrected chi connectivity index (χ0v) is 9.27. The predicted molar refractivity (Wildman–Crippen MR) is 60.7 cm³/mol. The summed E-state index contributed by atoms with van der Waals surface area (Å²) in [6.45, 7) is 2.25. The second-order valence-corrected chi connectivity index (χ2v) is 4.99. The molecule has 0 aromatic heterocycles. The van der Waals surface area contributed by atoms with Crippen LogP contribution in [-0.2, 0) is 0 Å². The second kappa shape index (κ2) is 5.81. The molecular weight excluding hydrogens is 186 g/mol. The van der Waals surface area contributed by atoms with Gasteiger partial charge >= 0.3 is 0 Å². The van der Waals surface area contributed by atoms with E-state index in [2.05, 4.69) is 12.2 Å². The number of hydrogen-bond acceptors (Lipinski definition) is 2. The van der Waals surface area contributed by atoms with E-state index in [1.54, 1.807) is 11.8 Å². The largest absolute Gasteiger partial charge is 0.367 e. The molecule has 0 aliphatic carbocycles. The second-order valence-electron chi connectivity index (χ2n) is 3.29. The topological polar surface area (TPSA) is 12.0 Å². The number of hydrogen-bond donors (Lipinski definition) is 1. The highest BCUT2D eigenvalue weighted by molar-refractivity contribution is 8.23. The third kappa shape index (κ3) is 3.76. The van der Waals surface area contributed by atoms with Crippen LogP contribution in [0.1, 0.15) is 39.0 Å². The van der Waals surface area contributed by atoms with E-state index in [1.165, 1.54) is 37.9 Å². The van der Waals surface area contributed by atoms with Crippen LogP contribution in [0, 0.1) is 0 Å². The lowest BCUT2D eigenvalue weighted by Crippen LogP contribution is -2.25. The Morgan fingerprint density at radius 1 is 1.50 bits per heavy atom. The van der Waals surface area contributed by atoms with Gasteiger partial charge in [0.2, 0.25) is 0 Å². The fourth-order valence-corrected chi connectivity index (χ4v) is 2.62. The van der Waals surface area contributed by atoms with Crippen LogP contribution >= 0.6 is 24.0 Å². The average molecular weight is 203 g/mol. The van der Waals surface area contributed by atoms with Crippen molar-refractivity contribution in [2.45, 2.75) is 45.1 Å². The number of thiocarbonyl (C=S) groups is 1. The minimum Gasteiger partial charge on any atom is -0.367 e. The van der Waals surface area contributed by atoms with Gasteiger partial charge in [-0.15, -0.1) is 0 Å². The van der Waals surface area contributed by atoms with E-state index < -0.39 is 0 Å². The van der Waals surface area contributed by atoms with Crippen LogP contribution in [0.4, 0.5) is 0 Å². The Morgan fingerprint density at radius 3 is 2.92 bits per heavy atom. The molecule has 0 aromatic rings. The van der Waals surface area contributed by atoms with Gasteiger partial charge in [-0.25, -0.2) is 0 Å². The van der Waals surface area contributed by atoms with Gasteiger partial charge < -0.3 is 5.32 Å². The number of thioether (sulfide) groups is 1. The highest BCUT2D eigenvalue weighted by Crippen LogP contribution is 2.17. The van der Waals surface area contributed by atoms with Gasteiger partial charge in [-0.1, -0.05) is 56.6 Å². The van der Waals surface area contributed by atoms with E-state index in [9.17, 15) is 0 Å². The third-order valence-electron chi connectivity index (χ3n) is 2.14. The summed E-state index contributed by atoms with van der Waals surface area (Å²) in [7, 11) is 0. The molecule has 0 saturated carbocycles. The zero-order chi connectivity index (χ0) is 8.81. The molecule has 0 amide bonds. The Balaban J connectivity index is 1.97. The third-order valence-corrected chi connectivity index (χ3v) is 3.56. The Morgan fingerprint density at radius 2 is 2.33 bits per heavy atom. The average Bonchev–Trinajstić information content (AvgIpc) is 2.45. The van der Waals surface area contributed by atoms with Crippen LogP contribution in [0.25, 0.3) is 0 Å². The normalized spacial score (nSPS) is 22.8. The highest BCUT2D eigenvalue weighted by atomic mass is 32.2. The maximum Gasteiger partial charge on any atom is 0.134 e. The van der Waals surface area contributed by atoms with E-state index in [4.69, 9.17) is 12.2 Å². The van der Waals surface area contributed by atoms with Gasteiger partial charge in [0.05, 0.1) is 0 Å². The van der Waals surface area contributed by atoms with E-state index >= 15 is 0 Å². The van der Waals surface area contributed by atoms with Gasteiger partial charge in [-0.2, -0.15) is 0 Å². The minimum atomic E-state index is 0.666. The van der Waals surface area contributed by atoms with Crippen molar-refractivity contribution in [3.05, 3.63) is 0 Å². The quantitative estimate of drug-likeness (QED) is 0.545. The molecule has 1 N–H and O–H groups in total. The fourth-order valence-electron chi connectivity index (χ4n) is 1.40. The smallest absolute Gasteiger partial charge is 0.134 e. The van der Waals surface area contributed by atoms with Crippen molar-refractivity contribution in [3.63, 3.8) is 0 Å². The number of unbranched alkanes of at least 4 members (excludes halogenated alkanes) is 3. The maximum atomic E-state index is 5.05. The van der Waals surface area contributed by atoms with Crippen molar-refractivity contribution in [3.8, 4) is 0 Å². The van der Waals surface area contributed by atoms with E-state index in [-0.39, 0.29) is 0 Å². The van der Waals surface area contributed by atoms with Gasteiger partial charge in [0, 0.05) is 11.8 Å². The van der Waals surface area contributed by atoms with Crippen LogP contribution in [0.2, 0.25) is 0 Å². The zero-order valence-electron chi connectivity index (χ0n) is 7.64. The first-order valence-electron chi connectivity index (χ1n) is 4.76. The first kappa shape index (κ1) is 10.3. The Hall–Kier alpha value is 0.240. The highest BCUT2D eigenvalue weighted by Gasteiger charge is 2.17. The van der Waals surface area contributed by atoms with Gasteiger partial charge in [0.1, 0.15) is 4.32 Å². The van der Waals surface area contributed by atoms with E-state index in [1.807, 2.05) is 0 Å². The Labute approximate surface area is 84.7 Å². The standard InChI is InChI=1S/C9H17NS2/c1-2-3-4-5-6-8-7-12-9(11)10-8/h8H,2-7H2,1H3,(H,10,11). The monoisotopic (exact) mass is 203 g/mol. The first-order valence-corrected chi connectivity index (χ1v) is 6.15. The molecule has 1 atom stereocenters. The van der Waals surface area contributed by atoms with Gasteiger partial charge in [-0.3, -0.25) is 0 Å². The maximum absolute atomic E-state index is 5.05. The molecule has 12 heavy (non-hydrogen) atoms. The molecule has 0 aromatic carbocycles. The van der Waals surface area contributed by atoms with Crippen molar-refractivity contribution < 1.29 is 0 Å². The van der Waals surface area contributed by atoms with Crippen molar-refractivity contribution >= 4 is 28.3 Å². The SMILES string of the molecule is CCCCCCC1CSC(=S)N1. The molecular formula is C9H17NS2. The van der Waals surface area contributed by atoms with Crippen molar-refractivity contribution in [1.82, 2.24) is 5.32 Å². The summed E-state index contributed by atoms with van der Waals surface area (Å²) in [5.74, 6) is 1.19. The molecule has 0 bridgehead atoms. The Bertz CT molecular complexity index is 147. The van der Waals surface area contributed by atoms with Crippen LogP contribution < -0.4 is 5.32 Å². The van der Waals surface area contributed by atoms with Gasteiger partial charge in [-0.05, 0) is 6.42 Å². The summed E-state index contributed by atoms with van der Waals surface area (Å²) in [6.07, 6.45) is 6.74. The van der Waals surface area contributed by atoms with Crippen molar-refractivity contribution in [2.24, 2.45) is 0 Å². The van der Waals surface area contributed by atoms with E-state index in [0.29, 0.717) is 6.04 Å². The van der Waals surface area contributed by atoms with Crippen LogP contribution in [0.15, 0.2) is 0 Å². The first-order chi connectivity index (χ1) is 5.83. The lowest BCUT2D eigenvalue weighted by molar-refractivity contribution is 0.558. The molecule has 1 heterocycles. The molecule has 1 saturated heterocycles. The summed E-state index contributed by atoms with van der Waals surface area (Å²) in [6, 6.07) is 0.666. The summed E-state index contributed by atoms with van der Waals surface area (Å²) in [5, 5.41) is 3.33. The fraction of sp³-hybridized carbons (Fsp3) is 0.889. The molecule has 70 valence electrons. The summed E-state index contributed by atoms with van der Waals surface area (Å²) >= 11 is 6.84. The molecule has 1 nitrogen and oxygen atoms in total. The number of nitrogens with one attached hydrogen (secondary N) is 1. The summed E-state index contributed by atoms with van der Waals surface area (Å²) in [4.78, 5) is 0. The Kier molecular flexibility index (Phi) is 5.00. The van der Waals surface area contributed by atoms with Crippen molar-refractivity contribution in [1.29, 1.82) is 0 Å². The molecule has 1 aliphatic rings. The molecule has 1 fully saturated rings. The minimum absolute atomic E-state index is 0.666. The van der Waals surface area contributed by atoms with Crippen LogP contribution in [0.5, 0.6) is 0 Å². The lowest BCUT2D eigenvalue weighted by atomic mass is 10.1. The molecule has 0 spiro atoms. The summed E-state index contributed by atoms with van der Waals surface area (Å²) < 4.78 is 0.996. The predicted octanol–water partition coefficient (Wildman–Crippen LogP) is 2.95. The molecule has 3 heteroatoms. The lowest BCUT2D eigenvalue weighted by Gasteiger charge is -2.08. The van der Waals surface area contributed by atoms with Crippen LogP contribution in [0.3, 0.4) is 0 Å². The van der Waals surface area contributed by atoms with Crippen molar-refractivity contribution in [2.75, 3.05) is 5.75 Å². The van der Waals surface area contributed by atoms with Gasteiger partial charge in [0.25, 0.3) is 0 Å². The summed E-state index contributed by atoms with van der Waals surface area (Å²) in [5.41, 5.74) is 0. The van der Waals surface area contributed by atoms with Crippen LogP contribution in [-0.4, -0.2) is 16.1 Å². The van der Waals surface area contributed by atoms with Gasteiger partial charge in [0.15, 0.2) is 0 Å². The number of rotatable bonds is 5. The molecule has 0 radical (unpaired) electrons. The molecule has 1 unspecified atom stereocenters. The molecule has 1 rings (SSSR count). The van der Waals surface area contributed by atoms with E-state index in [0.717, 1.165) is 4.32 Å².